The molecule has 2 rings (SSSR count). The highest BCUT2D eigenvalue weighted by atomic mass is 16.2. The van der Waals surface area contributed by atoms with Crippen LogP contribution in [0.3, 0.4) is 0 Å². The molecule has 4 nitrogen and oxygen atoms in total. The quantitative estimate of drug-likeness (QED) is 0.642. The van der Waals surface area contributed by atoms with E-state index in [1.807, 2.05) is 13.8 Å². The summed E-state index contributed by atoms with van der Waals surface area (Å²) < 4.78 is 0. The van der Waals surface area contributed by atoms with Crippen molar-refractivity contribution >= 4 is 11.8 Å². The normalized spacial score (nSPS) is 31.1. The van der Waals surface area contributed by atoms with Crippen LogP contribution in [-0.2, 0) is 9.59 Å². The van der Waals surface area contributed by atoms with Crippen molar-refractivity contribution < 1.29 is 9.59 Å². The van der Waals surface area contributed by atoms with E-state index in [1.165, 1.54) is 4.90 Å². The van der Waals surface area contributed by atoms with Gasteiger partial charge in [0, 0.05) is 12.3 Å². The summed E-state index contributed by atoms with van der Waals surface area (Å²) in [5.41, 5.74) is -0.246. The molecular weight excluding hydrogens is 192 g/mol. The van der Waals surface area contributed by atoms with Crippen molar-refractivity contribution in [2.45, 2.75) is 38.6 Å². The lowest BCUT2D eigenvalue weighted by molar-refractivity contribution is -0.147. The monoisotopic (exact) mass is 210 g/mol. The van der Waals surface area contributed by atoms with Gasteiger partial charge in [0.15, 0.2) is 0 Å². The molecule has 2 aliphatic rings. The third kappa shape index (κ3) is 1.67. The first-order valence-electron chi connectivity index (χ1n) is 5.62. The molecule has 2 amide bonds. The molecule has 0 aromatic heterocycles. The van der Waals surface area contributed by atoms with Crippen LogP contribution in [0.1, 0.15) is 33.1 Å². The number of nitrogens with zero attached hydrogens (tertiary/aromatic N) is 1. The minimum absolute atomic E-state index is 0.0110. The van der Waals surface area contributed by atoms with Crippen molar-refractivity contribution in [1.29, 1.82) is 0 Å². The minimum atomic E-state index is -0.246. The predicted molar refractivity (Wildman–Crippen MR) is 56.1 cm³/mol. The van der Waals surface area contributed by atoms with Crippen LogP contribution in [0.25, 0.3) is 0 Å². The molecule has 84 valence electrons. The van der Waals surface area contributed by atoms with Gasteiger partial charge in [-0.1, -0.05) is 6.92 Å². The van der Waals surface area contributed by atoms with Gasteiger partial charge < -0.3 is 5.32 Å². The number of carbonyl (C=O) groups excluding carboxylic acids is 2. The molecule has 1 N–H and O–H groups in total. The second-order valence-corrected chi connectivity index (χ2v) is 4.92. The summed E-state index contributed by atoms with van der Waals surface area (Å²) in [6.07, 6.45) is 2.14. The van der Waals surface area contributed by atoms with Gasteiger partial charge >= 0.3 is 0 Å². The number of imide groups is 1. The summed E-state index contributed by atoms with van der Waals surface area (Å²) >= 11 is 0. The Bertz CT molecular complexity index is 295. The van der Waals surface area contributed by atoms with Crippen molar-refractivity contribution in [2.24, 2.45) is 5.92 Å². The minimum Gasteiger partial charge on any atom is -0.317 e. The van der Waals surface area contributed by atoms with E-state index in [2.05, 4.69) is 5.32 Å². The fourth-order valence-electron chi connectivity index (χ4n) is 2.54. The van der Waals surface area contributed by atoms with E-state index in [4.69, 9.17) is 0 Å². The van der Waals surface area contributed by atoms with Gasteiger partial charge in [-0.25, -0.2) is 0 Å². The van der Waals surface area contributed by atoms with E-state index in [0.29, 0.717) is 6.42 Å². The molecule has 0 aromatic carbocycles. The first-order valence-corrected chi connectivity index (χ1v) is 5.62. The standard InChI is InChI=1S/C11H18N2O2/c1-8-7-9(14)13(10(8)15)11(2)3-5-12-6-4-11/h8,12H,3-7H2,1-2H3. The summed E-state index contributed by atoms with van der Waals surface area (Å²) in [4.78, 5) is 25.2. The smallest absolute Gasteiger partial charge is 0.233 e. The van der Waals surface area contributed by atoms with Gasteiger partial charge in [-0.3, -0.25) is 14.5 Å². The van der Waals surface area contributed by atoms with Crippen LogP contribution in [0, 0.1) is 5.92 Å². The number of rotatable bonds is 1. The molecule has 0 saturated carbocycles. The van der Waals surface area contributed by atoms with Crippen LogP contribution in [0.15, 0.2) is 0 Å². The molecule has 0 aromatic rings. The molecule has 1 atom stereocenters. The third-order valence-corrected chi connectivity index (χ3v) is 3.59. The second kappa shape index (κ2) is 3.59. The van der Waals surface area contributed by atoms with Gasteiger partial charge in [-0.2, -0.15) is 0 Å². The first kappa shape index (κ1) is 10.6. The van der Waals surface area contributed by atoms with E-state index < -0.39 is 0 Å². The number of hydrogen-bond donors (Lipinski definition) is 1. The Labute approximate surface area is 90.0 Å². The maximum absolute atomic E-state index is 11.9. The van der Waals surface area contributed by atoms with E-state index >= 15 is 0 Å². The fraction of sp³-hybridized carbons (Fsp3) is 0.818. The zero-order chi connectivity index (χ0) is 11.1. The van der Waals surface area contributed by atoms with E-state index in [9.17, 15) is 9.59 Å². The number of hydrogen-bond acceptors (Lipinski definition) is 3. The average molecular weight is 210 g/mol. The van der Waals surface area contributed by atoms with Crippen LogP contribution in [0.5, 0.6) is 0 Å². The molecular formula is C11H18N2O2. The Balaban J connectivity index is 2.21. The molecule has 0 bridgehead atoms. The SMILES string of the molecule is CC1CC(=O)N(C2(C)CCNCC2)C1=O. The van der Waals surface area contributed by atoms with Crippen LogP contribution in [0.2, 0.25) is 0 Å². The highest BCUT2D eigenvalue weighted by molar-refractivity contribution is 6.04. The van der Waals surface area contributed by atoms with E-state index in [0.717, 1.165) is 25.9 Å². The van der Waals surface area contributed by atoms with Crippen molar-refractivity contribution in [3.63, 3.8) is 0 Å². The zero-order valence-electron chi connectivity index (χ0n) is 9.38. The largest absolute Gasteiger partial charge is 0.317 e. The molecule has 2 heterocycles. The lowest BCUT2D eigenvalue weighted by atomic mass is 9.88. The summed E-state index contributed by atoms with van der Waals surface area (Å²) in [5.74, 6) is -0.0921. The lowest BCUT2D eigenvalue weighted by Crippen LogP contribution is -2.55. The predicted octanol–water partition coefficient (Wildman–Crippen LogP) is 0.523. The van der Waals surface area contributed by atoms with Gasteiger partial charge in [0.25, 0.3) is 0 Å². The van der Waals surface area contributed by atoms with Crippen LogP contribution in [-0.4, -0.2) is 35.3 Å². The highest BCUT2D eigenvalue weighted by Gasteiger charge is 2.46. The maximum Gasteiger partial charge on any atom is 0.233 e. The summed E-state index contributed by atoms with van der Waals surface area (Å²) in [5, 5.41) is 3.26. The number of nitrogens with one attached hydrogen (secondary N) is 1. The molecule has 0 aliphatic carbocycles. The Morgan fingerprint density at radius 1 is 1.33 bits per heavy atom. The Morgan fingerprint density at radius 3 is 2.40 bits per heavy atom. The molecule has 15 heavy (non-hydrogen) atoms. The van der Waals surface area contributed by atoms with Gasteiger partial charge in [0.1, 0.15) is 0 Å². The van der Waals surface area contributed by atoms with Crippen molar-refractivity contribution in [2.75, 3.05) is 13.1 Å². The van der Waals surface area contributed by atoms with Gasteiger partial charge in [0.2, 0.25) is 11.8 Å². The topological polar surface area (TPSA) is 49.4 Å². The van der Waals surface area contributed by atoms with Crippen molar-refractivity contribution in [3.05, 3.63) is 0 Å². The van der Waals surface area contributed by atoms with Gasteiger partial charge in [-0.15, -0.1) is 0 Å². The Hall–Kier alpha value is -0.900. The van der Waals surface area contributed by atoms with Gasteiger partial charge in [-0.05, 0) is 32.9 Å². The average Bonchev–Trinajstić information content (AvgIpc) is 2.42. The highest BCUT2D eigenvalue weighted by Crippen LogP contribution is 2.32. The van der Waals surface area contributed by atoms with Crippen LogP contribution >= 0.6 is 0 Å². The van der Waals surface area contributed by atoms with Gasteiger partial charge in [0.05, 0.1) is 5.54 Å². The Morgan fingerprint density at radius 2 is 1.93 bits per heavy atom. The molecule has 2 aliphatic heterocycles. The lowest BCUT2D eigenvalue weighted by Gasteiger charge is -2.40. The number of amides is 2. The molecule has 2 fully saturated rings. The summed E-state index contributed by atoms with van der Waals surface area (Å²) in [6.45, 7) is 5.65. The van der Waals surface area contributed by atoms with E-state index in [-0.39, 0.29) is 23.3 Å². The number of piperidine rings is 1. The van der Waals surface area contributed by atoms with Crippen molar-refractivity contribution in [1.82, 2.24) is 10.2 Å². The molecule has 1 unspecified atom stereocenters. The first-order chi connectivity index (χ1) is 7.04. The van der Waals surface area contributed by atoms with Crippen LogP contribution < -0.4 is 5.32 Å². The summed E-state index contributed by atoms with van der Waals surface area (Å²) in [7, 11) is 0. The Kier molecular flexibility index (Phi) is 2.54. The zero-order valence-corrected chi connectivity index (χ0v) is 9.38. The summed E-state index contributed by atoms with van der Waals surface area (Å²) in [6, 6.07) is 0. The molecule has 0 radical (unpaired) electrons. The fourth-order valence-corrected chi connectivity index (χ4v) is 2.54. The number of likely N-dealkylation sites (tertiary alicyclic amines) is 1. The molecule has 4 heteroatoms. The number of carbonyl (C=O) groups is 2. The van der Waals surface area contributed by atoms with Crippen LogP contribution in [0.4, 0.5) is 0 Å². The maximum atomic E-state index is 11.9. The van der Waals surface area contributed by atoms with Crippen molar-refractivity contribution in [3.8, 4) is 0 Å². The molecule has 0 spiro atoms. The second-order valence-electron chi connectivity index (χ2n) is 4.92. The molecule has 2 saturated heterocycles. The third-order valence-electron chi connectivity index (χ3n) is 3.59. The van der Waals surface area contributed by atoms with E-state index in [1.54, 1.807) is 0 Å².